The number of ether oxygens (including phenoxy) is 2. The Hall–Kier alpha value is -0.730. The van der Waals surface area contributed by atoms with Gasteiger partial charge in [0.15, 0.2) is 6.29 Å². The number of nitrogens with two attached hydrogens (primary N) is 1. The van der Waals surface area contributed by atoms with Crippen LogP contribution in [0, 0.1) is 0 Å². The smallest absolute Gasteiger partial charge is 0.186 e. The highest BCUT2D eigenvalue weighted by molar-refractivity contribution is 5.77. The predicted molar refractivity (Wildman–Crippen MR) is 55.9 cm³/mol. The molecule has 94 valence electrons. The minimum Gasteiger partial charge on any atom is -0.388 e. The van der Waals surface area contributed by atoms with Gasteiger partial charge in [-0.3, -0.25) is 4.99 Å². The summed E-state index contributed by atoms with van der Waals surface area (Å²) >= 11 is 0. The first kappa shape index (κ1) is 13.3. The second-order valence-corrected chi connectivity index (χ2v) is 3.73. The van der Waals surface area contributed by atoms with Crippen LogP contribution in [0.1, 0.15) is 6.92 Å². The van der Waals surface area contributed by atoms with Crippen LogP contribution in [0.3, 0.4) is 0 Å². The molecule has 7 nitrogen and oxygen atoms in total. The van der Waals surface area contributed by atoms with E-state index in [1.54, 1.807) is 6.92 Å². The van der Waals surface area contributed by atoms with E-state index in [2.05, 4.69) is 4.99 Å². The number of amidine groups is 1. The van der Waals surface area contributed by atoms with E-state index in [1.165, 1.54) is 7.11 Å². The number of aliphatic hydroxyl groups is 3. The predicted octanol–water partition coefficient (Wildman–Crippen LogP) is -2.18. The molecule has 0 aromatic carbocycles. The standard InChI is InChI=1S/C9H18N2O5/c1-4(10)11-3-5-6(12)7(13)8(14)9(15-2)16-5/h5-9,12-14H,3H2,1-2H3,(H2,10,11)/t5-,6-,7+,8+,9+/m1/s1. The van der Waals surface area contributed by atoms with Gasteiger partial charge in [-0.05, 0) is 6.92 Å². The third kappa shape index (κ3) is 2.89. The van der Waals surface area contributed by atoms with Crippen molar-refractivity contribution in [2.24, 2.45) is 10.7 Å². The van der Waals surface area contributed by atoms with Crippen LogP contribution < -0.4 is 5.73 Å². The van der Waals surface area contributed by atoms with Gasteiger partial charge in [0.25, 0.3) is 0 Å². The Morgan fingerprint density at radius 2 is 1.94 bits per heavy atom. The number of methoxy groups -OCH3 is 1. The van der Waals surface area contributed by atoms with Gasteiger partial charge in [0.1, 0.15) is 24.4 Å². The Morgan fingerprint density at radius 1 is 1.31 bits per heavy atom. The molecule has 0 bridgehead atoms. The molecule has 0 unspecified atom stereocenters. The van der Waals surface area contributed by atoms with E-state index in [4.69, 9.17) is 15.2 Å². The van der Waals surface area contributed by atoms with Crippen molar-refractivity contribution in [3.8, 4) is 0 Å². The largest absolute Gasteiger partial charge is 0.388 e. The molecule has 1 heterocycles. The van der Waals surface area contributed by atoms with E-state index in [0.717, 1.165) is 0 Å². The van der Waals surface area contributed by atoms with Crippen LogP contribution in [0.25, 0.3) is 0 Å². The SMILES string of the molecule is CO[C@H]1O[C@H](CN=C(C)N)[C@@H](O)[C@H](O)[C@@H]1O. The molecule has 5 N–H and O–H groups in total. The van der Waals surface area contributed by atoms with Crippen LogP contribution in [-0.2, 0) is 9.47 Å². The number of hydrogen-bond donors (Lipinski definition) is 4. The minimum absolute atomic E-state index is 0.104. The van der Waals surface area contributed by atoms with Gasteiger partial charge >= 0.3 is 0 Å². The van der Waals surface area contributed by atoms with E-state index in [-0.39, 0.29) is 6.54 Å². The Kier molecular flexibility index (Phi) is 4.63. The van der Waals surface area contributed by atoms with Crippen molar-refractivity contribution in [1.29, 1.82) is 0 Å². The molecule has 0 aromatic heterocycles. The lowest BCUT2D eigenvalue weighted by molar-refractivity contribution is -0.287. The lowest BCUT2D eigenvalue weighted by Gasteiger charge is -2.39. The van der Waals surface area contributed by atoms with Crippen LogP contribution in [0.2, 0.25) is 0 Å². The van der Waals surface area contributed by atoms with Gasteiger partial charge in [-0.1, -0.05) is 0 Å². The van der Waals surface area contributed by atoms with Crippen LogP contribution in [0.4, 0.5) is 0 Å². The third-order valence-electron chi connectivity index (χ3n) is 2.42. The molecule has 1 aliphatic rings. The molecule has 0 amide bonds. The third-order valence-corrected chi connectivity index (χ3v) is 2.42. The van der Waals surface area contributed by atoms with E-state index in [1.807, 2.05) is 0 Å². The van der Waals surface area contributed by atoms with Gasteiger partial charge < -0.3 is 30.5 Å². The van der Waals surface area contributed by atoms with Crippen LogP contribution >= 0.6 is 0 Å². The minimum atomic E-state index is -1.32. The lowest BCUT2D eigenvalue weighted by Crippen LogP contribution is -2.58. The zero-order valence-electron chi connectivity index (χ0n) is 9.28. The number of rotatable bonds is 3. The summed E-state index contributed by atoms with van der Waals surface area (Å²) in [5.74, 6) is 0.352. The van der Waals surface area contributed by atoms with E-state index < -0.39 is 30.7 Å². The average Bonchev–Trinajstić information content (AvgIpc) is 2.25. The van der Waals surface area contributed by atoms with Crippen LogP contribution in [-0.4, -0.2) is 65.5 Å². The maximum atomic E-state index is 9.63. The fraction of sp³-hybridized carbons (Fsp3) is 0.889. The van der Waals surface area contributed by atoms with Crippen molar-refractivity contribution in [3.05, 3.63) is 0 Å². The molecule has 1 rings (SSSR count). The highest BCUT2D eigenvalue weighted by atomic mass is 16.7. The summed E-state index contributed by atoms with van der Waals surface area (Å²) in [4.78, 5) is 3.89. The molecule has 1 aliphatic heterocycles. The second kappa shape index (κ2) is 5.55. The first-order chi connectivity index (χ1) is 7.47. The highest BCUT2D eigenvalue weighted by Crippen LogP contribution is 2.21. The first-order valence-corrected chi connectivity index (χ1v) is 4.96. The zero-order chi connectivity index (χ0) is 12.3. The van der Waals surface area contributed by atoms with Crippen molar-refractivity contribution in [2.45, 2.75) is 37.6 Å². The molecular weight excluding hydrogens is 216 g/mol. The van der Waals surface area contributed by atoms with Gasteiger partial charge in [0.2, 0.25) is 0 Å². The van der Waals surface area contributed by atoms with Gasteiger partial charge in [0, 0.05) is 7.11 Å². The van der Waals surface area contributed by atoms with Crippen molar-refractivity contribution in [3.63, 3.8) is 0 Å². The fourth-order valence-corrected chi connectivity index (χ4v) is 1.50. The Labute approximate surface area is 93.5 Å². The monoisotopic (exact) mass is 234 g/mol. The van der Waals surface area contributed by atoms with Crippen molar-refractivity contribution in [2.75, 3.05) is 13.7 Å². The molecule has 7 heteroatoms. The highest BCUT2D eigenvalue weighted by Gasteiger charge is 2.43. The molecule has 0 radical (unpaired) electrons. The molecule has 0 aliphatic carbocycles. The van der Waals surface area contributed by atoms with Crippen molar-refractivity contribution in [1.82, 2.24) is 0 Å². The summed E-state index contributed by atoms with van der Waals surface area (Å²) in [6, 6.07) is 0. The maximum absolute atomic E-state index is 9.63. The molecule has 1 saturated heterocycles. The number of aliphatic hydroxyl groups excluding tert-OH is 3. The number of hydrogen-bond acceptors (Lipinski definition) is 6. The molecule has 16 heavy (non-hydrogen) atoms. The molecule has 0 aromatic rings. The Balaban J connectivity index is 2.67. The molecule has 0 spiro atoms. The summed E-state index contributed by atoms with van der Waals surface area (Å²) in [7, 11) is 1.34. The Bertz CT molecular complexity index is 254. The van der Waals surface area contributed by atoms with E-state index in [9.17, 15) is 15.3 Å². The fourth-order valence-electron chi connectivity index (χ4n) is 1.50. The van der Waals surface area contributed by atoms with Crippen molar-refractivity contribution >= 4 is 5.84 Å². The van der Waals surface area contributed by atoms with Gasteiger partial charge in [-0.15, -0.1) is 0 Å². The number of nitrogens with zero attached hydrogens (tertiary/aromatic N) is 1. The normalized spacial score (nSPS) is 41.1. The Morgan fingerprint density at radius 3 is 2.44 bits per heavy atom. The topological polar surface area (TPSA) is 118 Å². The zero-order valence-corrected chi connectivity index (χ0v) is 9.28. The van der Waals surface area contributed by atoms with Gasteiger partial charge in [-0.2, -0.15) is 0 Å². The summed E-state index contributed by atoms with van der Waals surface area (Å²) in [5, 5.41) is 28.7. The van der Waals surface area contributed by atoms with Crippen LogP contribution in [0.15, 0.2) is 4.99 Å². The van der Waals surface area contributed by atoms with Crippen molar-refractivity contribution < 1.29 is 24.8 Å². The van der Waals surface area contributed by atoms with E-state index >= 15 is 0 Å². The maximum Gasteiger partial charge on any atom is 0.186 e. The summed E-state index contributed by atoms with van der Waals surface area (Å²) in [5.41, 5.74) is 5.35. The summed E-state index contributed by atoms with van der Waals surface area (Å²) < 4.78 is 10.1. The quantitative estimate of drug-likeness (QED) is 0.326. The molecule has 1 fully saturated rings. The van der Waals surface area contributed by atoms with Gasteiger partial charge in [0.05, 0.1) is 12.4 Å². The van der Waals surface area contributed by atoms with Crippen LogP contribution in [0.5, 0.6) is 0 Å². The van der Waals surface area contributed by atoms with Gasteiger partial charge in [-0.25, -0.2) is 0 Å². The first-order valence-electron chi connectivity index (χ1n) is 4.96. The van der Waals surface area contributed by atoms with E-state index in [0.29, 0.717) is 5.84 Å². The lowest BCUT2D eigenvalue weighted by atomic mass is 9.99. The summed E-state index contributed by atoms with van der Waals surface area (Å²) in [6.07, 6.45) is -5.54. The molecular formula is C9H18N2O5. The second-order valence-electron chi connectivity index (χ2n) is 3.73. The molecule has 0 saturated carbocycles. The molecule has 5 atom stereocenters. The summed E-state index contributed by atoms with van der Waals surface area (Å²) in [6.45, 7) is 1.71. The number of aliphatic imine (C=N–C) groups is 1. The average molecular weight is 234 g/mol.